The third kappa shape index (κ3) is 5.57. The van der Waals surface area contributed by atoms with Crippen LogP contribution in [-0.4, -0.2) is 49.5 Å². The van der Waals surface area contributed by atoms with E-state index in [0.29, 0.717) is 11.3 Å². The number of thiol groups is 1. The van der Waals surface area contributed by atoms with Crippen molar-refractivity contribution in [3.8, 4) is 5.75 Å². The summed E-state index contributed by atoms with van der Waals surface area (Å²) < 4.78 is 5.29. The first-order valence-corrected chi connectivity index (χ1v) is 11.5. The average molecular weight is 421 g/mol. The summed E-state index contributed by atoms with van der Waals surface area (Å²) >= 11 is 4.66. The third-order valence-electron chi connectivity index (χ3n) is 6.13. The van der Waals surface area contributed by atoms with Crippen LogP contribution in [0.15, 0.2) is 66.7 Å². The summed E-state index contributed by atoms with van der Waals surface area (Å²) in [6, 6.07) is 24.4. The molecule has 0 saturated carbocycles. The minimum absolute atomic E-state index is 0.483. The van der Waals surface area contributed by atoms with Gasteiger partial charge in [0.1, 0.15) is 5.75 Å². The number of nitrogens with one attached hydrogen (secondary N) is 1. The van der Waals surface area contributed by atoms with Crippen LogP contribution in [0, 0.1) is 0 Å². The second kappa shape index (κ2) is 10.3. The highest BCUT2D eigenvalue weighted by atomic mass is 32.1. The van der Waals surface area contributed by atoms with Crippen molar-refractivity contribution >= 4 is 23.4 Å². The number of methoxy groups -OCH3 is 1. The van der Waals surface area contributed by atoms with E-state index >= 15 is 0 Å². The summed E-state index contributed by atoms with van der Waals surface area (Å²) in [7, 11) is 1.72. The van der Waals surface area contributed by atoms with E-state index in [2.05, 4.69) is 89.6 Å². The molecule has 0 aliphatic carbocycles. The molecule has 0 bridgehead atoms. The molecule has 1 saturated heterocycles. The van der Waals surface area contributed by atoms with Crippen LogP contribution in [-0.2, 0) is 12.8 Å². The highest BCUT2D eigenvalue weighted by Gasteiger charge is 2.23. The minimum Gasteiger partial charge on any atom is -0.497 e. The van der Waals surface area contributed by atoms with E-state index < -0.39 is 0 Å². The number of hydrogen-bond donors (Lipinski definition) is 2. The quantitative estimate of drug-likeness (QED) is 0.495. The topological polar surface area (TPSA) is 24.5 Å². The van der Waals surface area contributed by atoms with Gasteiger partial charge in [-0.3, -0.25) is 0 Å². The Morgan fingerprint density at radius 3 is 2.50 bits per heavy atom. The number of ether oxygens (including phenoxy) is 1. The van der Waals surface area contributed by atoms with Crippen LogP contribution in [0.4, 0.5) is 0 Å². The number of nitrogens with zero attached hydrogens (tertiary/aromatic N) is 1. The fraction of sp³-hybridized carbons (Fsp3) is 0.385. The van der Waals surface area contributed by atoms with E-state index in [1.54, 1.807) is 7.11 Å². The summed E-state index contributed by atoms with van der Waals surface area (Å²) in [5.74, 6) is 0.918. The molecule has 3 nitrogen and oxygen atoms in total. The van der Waals surface area contributed by atoms with E-state index in [1.165, 1.54) is 21.9 Å². The van der Waals surface area contributed by atoms with Crippen molar-refractivity contribution in [1.29, 1.82) is 0 Å². The maximum absolute atomic E-state index is 5.29. The molecule has 0 radical (unpaired) electrons. The fourth-order valence-corrected chi connectivity index (χ4v) is 4.77. The van der Waals surface area contributed by atoms with Crippen LogP contribution in [0.25, 0.3) is 10.8 Å². The van der Waals surface area contributed by atoms with Crippen molar-refractivity contribution in [2.75, 3.05) is 33.3 Å². The lowest BCUT2D eigenvalue weighted by Crippen LogP contribution is -2.39. The molecule has 1 fully saturated rings. The molecule has 0 unspecified atom stereocenters. The molecule has 0 amide bonds. The molecule has 1 aliphatic heterocycles. The Morgan fingerprint density at radius 2 is 1.73 bits per heavy atom. The molecule has 4 heteroatoms. The standard InChI is InChI=1S/C26H32N2OS/c1-29-24-11-9-20(10-12-24)13-15-28(19-23-17-25(30)18-27-23)16-14-22-7-4-6-21-5-2-3-8-26(21)22/h2-12,23,25,27,30H,13-19H2,1H3/t23-,25-/m0/s1. The Kier molecular flexibility index (Phi) is 7.32. The molecular formula is C26H32N2OS. The molecular weight excluding hydrogens is 388 g/mol. The number of fused-ring (bicyclic) bond motifs is 1. The number of rotatable bonds is 9. The maximum atomic E-state index is 5.29. The normalized spacial score (nSPS) is 18.9. The SMILES string of the molecule is COc1ccc(CCN(CCc2cccc3ccccc23)C[C@@H]2C[C@H](S)CN2)cc1. The van der Waals surface area contributed by atoms with Crippen LogP contribution in [0.2, 0.25) is 0 Å². The Bertz CT molecular complexity index is 938. The van der Waals surface area contributed by atoms with Gasteiger partial charge in [-0.1, -0.05) is 54.6 Å². The fourth-order valence-electron chi connectivity index (χ4n) is 4.41. The number of hydrogen-bond acceptors (Lipinski definition) is 4. The van der Waals surface area contributed by atoms with Gasteiger partial charge in [0.25, 0.3) is 0 Å². The molecule has 3 aromatic rings. The number of benzene rings is 3. The zero-order valence-electron chi connectivity index (χ0n) is 17.8. The molecule has 1 aliphatic rings. The minimum atomic E-state index is 0.483. The van der Waals surface area contributed by atoms with E-state index in [-0.39, 0.29) is 0 Å². The molecule has 158 valence electrons. The first-order valence-electron chi connectivity index (χ1n) is 10.9. The van der Waals surface area contributed by atoms with Gasteiger partial charge >= 0.3 is 0 Å². The summed E-state index contributed by atoms with van der Waals surface area (Å²) in [4.78, 5) is 2.62. The zero-order chi connectivity index (χ0) is 20.8. The summed E-state index contributed by atoms with van der Waals surface area (Å²) in [6.45, 7) is 4.23. The highest BCUT2D eigenvalue weighted by Crippen LogP contribution is 2.20. The van der Waals surface area contributed by atoms with Gasteiger partial charge in [-0.05, 0) is 53.3 Å². The van der Waals surface area contributed by atoms with Crippen LogP contribution in [0.3, 0.4) is 0 Å². The zero-order valence-corrected chi connectivity index (χ0v) is 18.7. The maximum Gasteiger partial charge on any atom is 0.118 e. The van der Waals surface area contributed by atoms with Gasteiger partial charge in [0.05, 0.1) is 7.11 Å². The van der Waals surface area contributed by atoms with Gasteiger partial charge in [-0.2, -0.15) is 12.6 Å². The second-order valence-corrected chi connectivity index (χ2v) is 9.01. The van der Waals surface area contributed by atoms with Crippen molar-refractivity contribution in [3.63, 3.8) is 0 Å². The van der Waals surface area contributed by atoms with Gasteiger partial charge in [0.15, 0.2) is 0 Å². The summed E-state index contributed by atoms with van der Waals surface area (Å²) in [5, 5.41) is 6.83. The van der Waals surface area contributed by atoms with Crippen molar-refractivity contribution < 1.29 is 4.74 Å². The second-order valence-electron chi connectivity index (χ2n) is 8.28. The molecule has 0 aromatic heterocycles. The van der Waals surface area contributed by atoms with Gasteiger partial charge in [-0.25, -0.2) is 0 Å². The van der Waals surface area contributed by atoms with E-state index in [0.717, 1.165) is 51.2 Å². The monoisotopic (exact) mass is 420 g/mol. The Labute approximate surface area is 185 Å². The lowest BCUT2D eigenvalue weighted by Gasteiger charge is -2.26. The van der Waals surface area contributed by atoms with Crippen LogP contribution in [0.1, 0.15) is 17.5 Å². The molecule has 2 atom stereocenters. The largest absolute Gasteiger partial charge is 0.497 e. The lowest BCUT2D eigenvalue weighted by atomic mass is 10.0. The van der Waals surface area contributed by atoms with Crippen LogP contribution >= 0.6 is 12.6 Å². The Balaban J connectivity index is 1.42. The third-order valence-corrected chi connectivity index (χ3v) is 6.52. The van der Waals surface area contributed by atoms with Gasteiger partial charge < -0.3 is 15.0 Å². The first kappa shape index (κ1) is 21.2. The van der Waals surface area contributed by atoms with Crippen LogP contribution < -0.4 is 10.1 Å². The lowest BCUT2D eigenvalue weighted by molar-refractivity contribution is 0.255. The van der Waals surface area contributed by atoms with Gasteiger partial charge in [0, 0.05) is 37.5 Å². The molecule has 1 heterocycles. The predicted molar refractivity (Wildman–Crippen MR) is 130 cm³/mol. The van der Waals surface area contributed by atoms with E-state index in [1.807, 2.05) is 0 Å². The van der Waals surface area contributed by atoms with Crippen molar-refractivity contribution in [1.82, 2.24) is 10.2 Å². The van der Waals surface area contributed by atoms with Crippen molar-refractivity contribution in [3.05, 3.63) is 77.9 Å². The molecule has 4 rings (SSSR count). The summed E-state index contributed by atoms with van der Waals surface area (Å²) in [5.41, 5.74) is 2.80. The van der Waals surface area contributed by atoms with Crippen LogP contribution in [0.5, 0.6) is 5.75 Å². The Hall–Kier alpha value is -2.01. The van der Waals surface area contributed by atoms with Crippen molar-refractivity contribution in [2.24, 2.45) is 0 Å². The smallest absolute Gasteiger partial charge is 0.118 e. The van der Waals surface area contributed by atoms with E-state index in [9.17, 15) is 0 Å². The molecule has 30 heavy (non-hydrogen) atoms. The van der Waals surface area contributed by atoms with E-state index in [4.69, 9.17) is 4.74 Å². The van der Waals surface area contributed by atoms with Crippen molar-refractivity contribution in [2.45, 2.75) is 30.6 Å². The predicted octanol–water partition coefficient (Wildman–Crippen LogP) is 4.60. The average Bonchev–Trinajstić information content (AvgIpc) is 3.20. The van der Waals surface area contributed by atoms with Gasteiger partial charge in [-0.15, -0.1) is 0 Å². The highest BCUT2D eigenvalue weighted by molar-refractivity contribution is 7.81. The van der Waals surface area contributed by atoms with Gasteiger partial charge in [0.2, 0.25) is 0 Å². The molecule has 3 aromatic carbocycles. The Morgan fingerprint density at radius 1 is 0.967 bits per heavy atom. The summed E-state index contributed by atoms with van der Waals surface area (Å²) in [6.07, 6.45) is 3.27. The first-order chi connectivity index (χ1) is 14.7. The molecule has 1 N–H and O–H groups in total. The molecule has 0 spiro atoms.